The van der Waals surface area contributed by atoms with Gasteiger partial charge in [0.2, 0.25) is 5.88 Å². The molecule has 3 atom stereocenters. The van der Waals surface area contributed by atoms with E-state index in [0.29, 0.717) is 23.5 Å². The molecule has 35 heavy (non-hydrogen) atoms. The Kier molecular flexibility index (Phi) is 5.94. The fourth-order valence-electron chi connectivity index (χ4n) is 5.08. The fourth-order valence-corrected chi connectivity index (χ4v) is 5.08. The zero-order valence-corrected chi connectivity index (χ0v) is 19.4. The van der Waals surface area contributed by atoms with E-state index in [1.807, 2.05) is 43.0 Å². The van der Waals surface area contributed by atoms with Crippen molar-refractivity contribution >= 4 is 5.91 Å². The number of nitrogens with zero attached hydrogens (tertiary/aromatic N) is 4. The van der Waals surface area contributed by atoms with Gasteiger partial charge in [0.1, 0.15) is 11.8 Å². The van der Waals surface area contributed by atoms with Crippen LogP contribution in [0.25, 0.3) is 11.3 Å². The van der Waals surface area contributed by atoms with Gasteiger partial charge in [-0.1, -0.05) is 6.07 Å². The molecule has 3 aromatic rings. The highest BCUT2D eigenvalue weighted by molar-refractivity contribution is 5.99. The lowest BCUT2D eigenvalue weighted by molar-refractivity contribution is -0.137. The second kappa shape index (κ2) is 8.94. The van der Waals surface area contributed by atoms with Gasteiger partial charge in [-0.25, -0.2) is 9.97 Å². The number of piperidine rings is 2. The van der Waals surface area contributed by atoms with Crippen molar-refractivity contribution in [2.45, 2.75) is 51.4 Å². The second-order valence-corrected chi connectivity index (χ2v) is 9.26. The molecule has 1 amide bonds. The highest BCUT2D eigenvalue weighted by atomic mass is 19.4. The molecule has 3 aromatic heterocycles. The van der Waals surface area contributed by atoms with Crippen molar-refractivity contribution in [2.24, 2.45) is 5.92 Å². The average molecular weight is 483 g/mol. The first-order chi connectivity index (χ1) is 16.7. The summed E-state index contributed by atoms with van der Waals surface area (Å²) >= 11 is 0. The summed E-state index contributed by atoms with van der Waals surface area (Å²) in [5, 5.41) is 0. The molecule has 5 heterocycles. The summed E-state index contributed by atoms with van der Waals surface area (Å²) in [7, 11) is 0. The van der Waals surface area contributed by atoms with E-state index in [9.17, 15) is 18.0 Å². The summed E-state index contributed by atoms with van der Waals surface area (Å²) in [5.74, 6) is 0.187. The maximum absolute atomic E-state index is 13.8. The zero-order valence-electron chi connectivity index (χ0n) is 19.4. The van der Waals surface area contributed by atoms with Crippen LogP contribution >= 0.6 is 0 Å². The van der Waals surface area contributed by atoms with Crippen molar-refractivity contribution in [3.05, 3.63) is 71.3 Å². The number of aromatic nitrogens is 3. The van der Waals surface area contributed by atoms with Crippen molar-refractivity contribution in [2.75, 3.05) is 6.54 Å². The first kappa shape index (κ1) is 23.3. The van der Waals surface area contributed by atoms with Crippen molar-refractivity contribution in [1.29, 1.82) is 0 Å². The van der Waals surface area contributed by atoms with Gasteiger partial charge in [0.05, 0.1) is 17.3 Å². The summed E-state index contributed by atoms with van der Waals surface area (Å²) in [4.78, 5) is 28.6. The van der Waals surface area contributed by atoms with Crippen LogP contribution in [0.5, 0.6) is 5.88 Å². The van der Waals surface area contributed by atoms with E-state index in [2.05, 4.69) is 15.0 Å². The minimum absolute atomic E-state index is 0.126. The Morgan fingerprint density at radius 1 is 1.09 bits per heavy atom. The van der Waals surface area contributed by atoms with Crippen LogP contribution in [-0.2, 0) is 6.18 Å². The molecule has 0 unspecified atom stereocenters. The number of halogens is 3. The molecule has 2 saturated heterocycles. The Hall–Kier alpha value is -3.49. The van der Waals surface area contributed by atoms with Crippen LogP contribution in [0.1, 0.15) is 46.6 Å². The summed E-state index contributed by atoms with van der Waals surface area (Å²) in [5.41, 5.74) is 2.60. The first-order valence-corrected chi connectivity index (χ1v) is 11.6. The molecule has 1 aliphatic carbocycles. The topological polar surface area (TPSA) is 68.2 Å². The standard InChI is InChI=1S/C26H25F3N4O2/c1-15-4-3-11-30-23(15)19-8-5-16(2)32-24(19)25(34)33-14-17-6-9-20(33)21(12-17)35-22-10-7-18(13-31-22)26(27,28)29/h3-5,7-8,10-11,13,17,20-21H,6,9,12,14H2,1-2H3/t17-,20-,21+/m0/s1. The van der Waals surface area contributed by atoms with Gasteiger partial charge in [0.15, 0.2) is 0 Å². The Labute approximate surface area is 201 Å². The molecule has 0 N–H and O–H groups in total. The number of fused-ring (bicyclic) bond motifs is 3. The van der Waals surface area contributed by atoms with Crippen molar-refractivity contribution in [3.8, 4) is 17.1 Å². The molecule has 0 radical (unpaired) electrons. The molecular weight excluding hydrogens is 457 g/mol. The predicted octanol–water partition coefficient (Wildman–Crippen LogP) is 5.25. The maximum Gasteiger partial charge on any atom is 0.417 e. The molecule has 6 nitrogen and oxygen atoms in total. The largest absolute Gasteiger partial charge is 0.472 e. The quantitative estimate of drug-likeness (QED) is 0.508. The Morgan fingerprint density at radius 3 is 2.60 bits per heavy atom. The number of carbonyl (C=O) groups is 1. The molecule has 9 heteroatoms. The van der Waals surface area contributed by atoms with Crippen molar-refractivity contribution in [1.82, 2.24) is 19.9 Å². The van der Waals surface area contributed by atoms with Crippen molar-refractivity contribution < 1.29 is 22.7 Å². The number of rotatable bonds is 4. The molecule has 3 aliphatic rings. The number of carbonyl (C=O) groups excluding carboxylic acids is 1. The number of hydrogen-bond donors (Lipinski definition) is 0. The molecule has 6 rings (SSSR count). The number of alkyl halides is 3. The maximum atomic E-state index is 13.8. The summed E-state index contributed by atoms with van der Waals surface area (Å²) in [6.07, 6.45) is 0.125. The molecule has 2 bridgehead atoms. The van der Waals surface area contributed by atoms with Gasteiger partial charge in [-0.05, 0) is 68.9 Å². The highest BCUT2D eigenvalue weighted by Crippen LogP contribution is 2.39. The Bertz CT molecular complexity index is 1250. The minimum Gasteiger partial charge on any atom is -0.472 e. The number of ether oxygens (including phenoxy) is 1. The number of hydrogen-bond acceptors (Lipinski definition) is 5. The minimum atomic E-state index is -4.46. The normalized spacial score (nSPS) is 21.7. The van der Waals surface area contributed by atoms with Crippen LogP contribution in [0.3, 0.4) is 0 Å². The van der Waals surface area contributed by atoms with E-state index < -0.39 is 11.7 Å². The SMILES string of the molecule is Cc1ccc(-c2ncccc2C)c(C(=O)N2C[C@H]3CC[C@H]2[C@H](Oc2ccc(C(F)(F)F)cn2)C3)n1. The molecule has 182 valence electrons. The van der Waals surface area contributed by atoms with Gasteiger partial charge in [-0.2, -0.15) is 13.2 Å². The molecule has 2 aliphatic heterocycles. The number of amides is 1. The Morgan fingerprint density at radius 2 is 1.91 bits per heavy atom. The number of aryl methyl sites for hydroxylation is 2. The Balaban J connectivity index is 1.42. The smallest absolute Gasteiger partial charge is 0.417 e. The molecule has 0 spiro atoms. The first-order valence-electron chi connectivity index (χ1n) is 11.6. The van der Waals surface area contributed by atoms with E-state index in [1.54, 1.807) is 6.20 Å². The van der Waals surface area contributed by atoms with Crippen LogP contribution in [0.2, 0.25) is 0 Å². The second-order valence-electron chi connectivity index (χ2n) is 9.26. The summed E-state index contributed by atoms with van der Waals surface area (Å²) < 4.78 is 44.7. The monoisotopic (exact) mass is 482 g/mol. The molecule has 3 fully saturated rings. The highest BCUT2D eigenvalue weighted by Gasteiger charge is 2.45. The van der Waals surface area contributed by atoms with Gasteiger partial charge < -0.3 is 9.64 Å². The zero-order chi connectivity index (χ0) is 24.7. The summed E-state index contributed by atoms with van der Waals surface area (Å²) in [6.45, 7) is 4.39. The predicted molar refractivity (Wildman–Crippen MR) is 123 cm³/mol. The third-order valence-electron chi connectivity index (χ3n) is 6.82. The summed E-state index contributed by atoms with van der Waals surface area (Å²) in [6, 6.07) is 9.53. The fraction of sp³-hybridized carbons (Fsp3) is 0.385. The molecule has 1 saturated carbocycles. The van der Waals surface area contributed by atoms with Crippen LogP contribution in [0.4, 0.5) is 13.2 Å². The van der Waals surface area contributed by atoms with E-state index in [0.717, 1.165) is 42.8 Å². The third kappa shape index (κ3) is 4.59. The van der Waals surface area contributed by atoms with Gasteiger partial charge in [-0.3, -0.25) is 9.78 Å². The van der Waals surface area contributed by atoms with Gasteiger partial charge in [-0.15, -0.1) is 0 Å². The van der Waals surface area contributed by atoms with Gasteiger partial charge in [0, 0.05) is 36.3 Å². The van der Waals surface area contributed by atoms with Gasteiger partial charge >= 0.3 is 6.18 Å². The third-order valence-corrected chi connectivity index (χ3v) is 6.82. The lowest BCUT2D eigenvalue weighted by Gasteiger charge is -2.49. The molecular formula is C26H25F3N4O2. The number of pyridine rings is 3. The lowest BCUT2D eigenvalue weighted by Crippen LogP contribution is -2.59. The van der Waals surface area contributed by atoms with E-state index >= 15 is 0 Å². The van der Waals surface area contributed by atoms with Crippen LogP contribution in [0, 0.1) is 19.8 Å². The average Bonchev–Trinajstić information content (AvgIpc) is 2.84. The lowest BCUT2D eigenvalue weighted by atomic mass is 9.77. The van der Waals surface area contributed by atoms with Crippen LogP contribution in [0.15, 0.2) is 48.8 Å². The van der Waals surface area contributed by atoms with Crippen molar-refractivity contribution in [3.63, 3.8) is 0 Å². The molecule has 0 aromatic carbocycles. The van der Waals surface area contributed by atoms with E-state index in [-0.39, 0.29) is 29.9 Å². The van der Waals surface area contributed by atoms with E-state index in [1.165, 1.54) is 6.07 Å². The van der Waals surface area contributed by atoms with Crippen LogP contribution in [-0.4, -0.2) is 44.4 Å². The van der Waals surface area contributed by atoms with Crippen LogP contribution < -0.4 is 4.74 Å². The van der Waals surface area contributed by atoms with Gasteiger partial charge in [0.25, 0.3) is 5.91 Å². The van der Waals surface area contributed by atoms with E-state index in [4.69, 9.17) is 4.74 Å².